The summed E-state index contributed by atoms with van der Waals surface area (Å²) >= 11 is 3.05. The van der Waals surface area contributed by atoms with E-state index in [2.05, 4.69) is 10.3 Å². The van der Waals surface area contributed by atoms with E-state index in [0.29, 0.717) is 24.1 Å². The van der Waals surface area contributed by atoms with Crippen molar-refractivity contribution < 1.29 is 14.3 Å². The van der Waals surface area contributed by atoms with Crippen LogP contribution in [-0.2, 0) is 4.74 Å². The summed E-state index contributed by atoms with van der Waals surface area (Å²) in [6, 6.07) is 0. The highest BCUT2D eigenvalue weighted by molar-refractivity contribution is 7.99. The second kappa shape index (κ2) is 7.64. The van der Waals surface area contributed by atoms with Crippen LogP contribution in [0.1, 0.15) is 46.5 Å². The van der Waals surface area contributed by atoms with Gasteiger partial charge in [0.15, 0.2) is 0 Å². The van der Waals surface area contributed by atoms with Crippen LogP contribution in [0.2, 0.25) is 0 Å². The Hall–Kier alpha value is -1.08. The quantitative estimate of drug-likeness (QED) is 0.845. The number of carbonyl (C=O) groups excluding carboxylic acids is 2. The number of nitrogens with one attached hydrogen (secondary N) is 1. The van der Waals surface area contributed by atoms with Crippen LogP contribution in [0.15, 0.2) is 5.38 Å². The first-order valence-electron chi connectivity index (χ1n) is 6.73. The topological polar surface area (TPSA) is 68.3 Å². The van der Waals surface area contributed by atoms with Gasteiger partial charge in [-0.15, -0.1) is 11.3 Å². The maximum absolute atomic E-state index is 12.0. The molecule has 0 aliphatic carbocycles. The number of esters is 1. The average molecular weight is 314 g/mol. The highest BCUT2D eigenvalue weighted by atomic mass is 32.2. The third-order valence-corrected chi connectivity index (χ3v) is 5.17. The van der Waals surface area contributed by atoms with Crippen molar-refractivity contribution in [2.75, 3.05) is 18.9 Å². The standard InChI is InChI=1S/C13H18N2O3S2/c1-2-18-13(17)12-15-10(8-20-12)11(16)14-7-9-5-3-4-6-19-9/h8-9H,2-7H2,1H3,(H,14,16). The van der Waals surface area contributed by atoms with Crippen molar-refractivity contribution >= 4 is 35.0 Å². The summed E-state index contributed by atoms with van der Waals surface area (Å²) in [4.78, 5) is 27.4. The fraction of sp³-hybridized carbons (Fsp3) is 0.615. The molecule has 1 fully saturated rings. The molecule has 2 rings (SSSR count). The summed E-state index contributed by atoms with van der Waals surface area (Å²) in [6.07, 6.45) is 3.65. The Morgan fingerprint density at radius 1 is 1.50 bits per heavy atom. The molecule has 2 heterocycles. The van der Waals surface area contributed by atoms with Gasteiger partial charge < -0.3 is 10.1 Å². The first-order chi connectivity index (χ1) is 9.70. The number of amides is 1. The Bertz CT molecular complexity index is 470. The lowest BCUT2D eigenvalue weighted by molar-refractivity contribution is 0.0526. The zero-order valence-electron chi connectivity index (χ0n) is 11.4. The zero-order valence-corrected chi connectivity index (χ0v) is 13.0. The number of nitrogens with zero attached hydrogens (tertiary/aromatic N) is 1. The molecule has 1 N–H and O–H groups in total. The molecule has 0 radical (unpaired) electrons. The number of aromatic nitrogens is 1. The van der Waals surface area contributed by atoms with E-state index in [0.717, 1.165) is 17.8 Å². The van der Waals surface area contributed by atoms with E-state index in [1.807, 2.05) is 11.8 Å². The SMILES string of the molecule is CCOC(=O)c1nc(C(=O)NCC2CCCCS2)cs1. The highest BCUT2D eigenvalue weighted by Crippen LogP contribution is 2.24. The molecule has 0 bridgehead atoms. The largest absolute Gasteiger partial charge is 0.461 e. The zero-order chi connectivity index (χ0) is 14.4. The molecule has 1 aromatic heterocycles. The van der Waals surface area contributed by atoms with Crippen LogP contribution in [0.25, 0.3) is 0 Å². The summed E-state index contributed by atoms with van der Waals surface area (Å²) in [5.74, 6) is 0.479. The van der Waals surface area contributed by atoms with Crippen LogP contribution < -0.4 is 5.32 Å². The predicted molar refractivity (Wildman–Crippen MR) is 80.5 cm³/mol. The van der Waals surface area contributed by atoms with Crippen molar-refractivity contribution in [1.29, 1.82) is 0 Å². The van der Waals surface area contributed by atoms with Crippen molar-refractivity contribution in [2.45, 2.75) is 31.4 Å². The van der Waals surface area contributed by atoms with E-state index in [1.54, 1.807) is 12.3 Å². The van der Waals surface area contributed by atoms with Gasteiger partial charge in [-0.1, -0.05) is 6.42 Å². The van der Waals surface area contributed by atoms with E-state index in [9.17, 15) is 9.59 Å². The lowest BCUT2D eigenvalue weighted by atomic mass is 10.2. The fourth-order valence-electron chi connectivity index (χ4n) is 1.93. The van der Waals surface area contributed by atoms with Crippen LogP contribution in [-0.4, -0.2) is 41.0 Å². The van der Waals surface area contributed by atoms with E-state index < -0.39 is 5.97 Å². The van der Waals surface area contributed by atoms with Gasteiger partial charge in [-0.3, -0.25) is 4.79 Å². The predicted octanol–water partition coefficient (Wildman–Crippen LogP) is 2.34. The second-order valence-electron chi connectivity index (χ2n) is 4.46. The van der Waals surface area contributed by atoms with Crippen molar-refractivity contribution in [3.63, 3.8) is 0 Å². The van der Waals surface area contributed by atoms with Crippen molar-refractivity contribution in [3.8, 4) is 0 Å². The van der Waals surface area contributed by atoms with Gasteiger partial charge in [0.25, 0.3) is 5.91 Å². The molecule has 20 heavy (non-hydrogen) atoms. The Morgan fingerprint density at radius 2 is 2.35 bits per heavy atom. The molecule has 0 spiro atoms. The third kappa shape index (κ3) is 4.21. The van der Waals surface area contributed by atoms with Gasteiger partial charge in [-0.05, 0) is 25.5 Å². The summed E-state index contributed by atoms with van der Waals surface area (Å²) in [5, 5.41) is 5.20. The third-order valence-electron chi connectivity index (χ3n) is 2.95. The van der Waals surface area contributed by atoms with E-state index in [-0.39, 0.29) is 10.9 Å². The van der Waals surface area contributed by atoms with Gasteiger partial charge in [0.05, 0.1) is 6.61 Å². The lowest BCUT2D eigenvalue weighted by Crippen LogP contribution is -2.32. The molecule has 1 saturated heterocycles. The van der Waals surface area contributed by atoms with Gasteiger partial charge in [-0.25, -0.2) is 9.78 Å². The fourth-order valence-corrected chi connectivity index (χ4v) is 3.86. The second-order valence-corrected chi connectivity index (χ2v) is 6.72. The highest BCUT2D eigenvalue weighted by Gasteiger charge is 2.18. The normalized spacial score (nSPS) is 18.6. The maximum Gasteiger partial charge on any atom is 0.367 e. The van der Waals surface area contributed by atoms with Crippen LogP contribution >= 0.6 is 23.1 Å². The molecule has 1 unspecified atom stereocenters. The molecule has 1 aromatic rings. The molecule has 1 aliphatic heterocycles. The Kier molecular flexibility index (Phi) is 5.85. The molecule has 110 valence electrons. The molecule has 1 amide bonds. The minimum atomic E-state index is -0.473. The van der Waals surface area contributed by atoms with Crippen LogP contribution in [0.5, 0.6) is 0 Å². The molecule has 7 heteroatoms. The summed E-state index contributed by atoms with van der Waals surface area (Å²) < 4.78 is 4.85. The van der Waals surface area contributed by atoms with Crippen LogP contribution in [0.3, 0.4) is 0 Å². The average Bonchev–Trinajstić information content (AvgIpc) is 2.96. The molecular formula is C13H18N2O3S2. The summed E-state index contributed by atoms with van der Waals surface area (Å²) in [6.45, 7) is 2.70. The van der Waals surface area contributed by atoms with Crippen molar-refractivity contribution in [3.05, 3.63) is 16.1 Å². The number of ether oxygens (including phenoxy) is 1. The number of hydrogen-bond donors (Lipinski definition) is 1. The molecule has 0 aromatic carbocycles. The van der Waals surface area contributed by atoms with Gasteiger partial charge in [0.2, 0.25) is 5.01 Å². The number of thioether (sulfide) groups is 1. The van der Waals surface area contributed by atoms with Gasteiger partial charge >= 0.3 is 5.97 Å². The van der Waals surface area contributed by atoms with Crippen LogP contribution in [0.4, 0.5) is 0 Å². The summed E-state index contributed by atoms with van der Waals surface area (Å²) in [7, 11) is 0. The van der Waals surface area contributed by atoms with Gasteiger partial charge in [0, 0.05) is 17.2 Å². The first-order valence-corrected chi connectivity index (χ1v) is 8.66. The van der Waals surface area contributed by atoms with Crippen molar-refractivity contribution in [2.24, 2.45) is 0 Å². The molecule has 1 atom stereocenters. The Morgan fingerprint density at radius 3 is 3.05 bits per heavy atom. The van der Waals surface area contributed by atoms with E-state index in [1.165, 1.54) is 18.6 Å². The maximum atomic E-state index is 12.0. The number of hydrogen-bond acceptors (Lipinski definition) is 6. The lowest BCUT2D eigenvalue weighted by Gasteiger charge is -2.21. The molecular weight excluding hydrogens is 296 g/mol. The van der Waals surface area contributed by atoms with Gasteiger partial charge in [0.1, 0.15) is 5.69 Å². The van der Waals surface area contributed by atoms with Crippen LogP contribution in [0, 0.1) is 0 Å². The first kappa shape index (κ1) is 15.3. The molecule has 1 aliphatic rings. The minimum absolute atomic E-state index is 0.219. The summed E-state index contributed by atoms with van der Waals surface area (Å²) in [5.41, 5.74) is 0.291. The van der Waals surface area contributed by atoms with E-state index >= 15 is 0 Å². The monoisotopic (exact) mass is 314 g/mol. The smallest absolute Gasteiger partial charge is 0.367 e. The Labute approximate surface area is 126 Å². The number of carbonyl (C=O) groups is 2. The van der Waals surface area contributed by atoms with E-state index in [4.69, 9.17) is 4.74 Å². The molecule has 0 saturated carbocycles. The number of thiazole rings is 1. The van der Waals surface area contributed by atoms with Crippen molar-refractivity contribution in [1.82, 2.24) is 10.3 Å². The van der Waals surface area contributed by atoms with Gasteiger partial charge in [-0.2, -0.15) is 11.8 Å². The minimum Gasteiger partial charge on any atom is -0.461 e. The molecule has 5 nitrogen and oxygen atoms in total. The number of rotatable bonds is 5. The Balaban J connectivity index is 1.84.